The van der Waals surface area contributed by atoms with E-state index in [-0.39, 0.29) is 0 Å². The Bertz CT molecular complexity index is 1350. The molecule has 0 N–H and O–H groups in total. The zero-order valence-corrected chi connectivity index (χ0v) is 16.7. The molecule has 139 valence electrons. The molecule has 29 heavy (non-hydrogen) atoms. The predicted molar refractivity (Wildman–Crippen MR) is 120 cm³/mol. The van der Waals surface area contributed by atoms with E-state index >= 15 is 0 Å². The van der Waals surface area contributed by atoms with Gasteiger partial charge in [-0.2, -0.15) is 0 Å². The minimum absolute atomic E-state index is 0.443. The smallest absolute Gasteiger partial charge is 0.144 e. The molecule has 0 bridgehead atoms. The second kappa shape index (κ2) is 7.40. The van der Waals surface area contributed by atoms with Crippen LogP contribution in [0.15, 0.2) is 85.2 Å². The van der Waals surface area contributed by atoms with Crippen LogP contribution < -0.4 is 4.74 Å². The predicted octanol–water partition coefficient (Wildman–Crippen LogP) is 7.95. The van der Waals surface area contributed by atoms with Gasteiger partial charge in [0.1, 0.15) is 11.5 Å². The second-order valence-electron chi connectivity index (χ2n) is 6.64. The Morgan fingerprint density at radius 2 is 1.62 bits per heavy atom. The first-order valence-electron chi connectivity index (χ1n) is 9.11. The van der Waals surface area contributed by atoms with Crippen LogP contribution in [-0.4, -0.2) is 4.98 Å². The summed E-state index contributed by atoms with van der Waals surface area (Å²) in [6, 6.07) is 26.8. The van der Waals surface area contributed by atoms with Crippen molar-refractivity contribution in [1.29, 1.82) is 0 Å². The van der Waals surface area contributed by atoms with Gasteiger partial charge in [0.25, 0.3) is 0 Å². The van der Waals surface area contributed by atoms with Crippen molar-refractivity contribution in [2.75, 3.05) is 0 Å². The summed E-state index contributed by atoms with van der Waals surface area (Å²) in [7, 11) is 0. The van der Waals surface area contributed by atoms with E-state index in [1.54, 1.807) is 12.4 Å². The third-order valence-electron chi connectivity index (χ3n) is 4.85. The fourth-order valence-electron chi connectivity index (χ4n) is 3.48. The molecule has 5 rings (SSSR count). The number of hydrogen-bond donors (Lipinski definition) is 0. The summed E-state index contributed by atoms with van der Waals surface area (Å²) in [5, 5.41) is 4.75. The van der Waals surface area contributed by atoms with Gasteiger partial charge in [-0.15, -0.1) is 0 Å². The monoisotopic (exact) mass is 414 g/mol. The molecule has 4 heteroatoms. The van der Waals surface area contributed by atoms with Gasteiger partial charge in [0, 0.05) is 34.3 Å². The Labute approximate surface area is 178 Å². The van der Waals surface area contributed by atoms with Gasteiger partial charge >= 0.3 is 0 Å². The first-order chi connectivity index (χ1) is 14.2. The van der Waals surface area contributed by atoms with Crippen LogP contribution in [0.1, 0.15) is 0 Å². The minimum atomic E-state index is 0.443. The molecule has 0 aliphatic heterocycles. The molecule has 2 nitrogen and oxygen atoms in total. The number of aromatic nitrogens is 1. The lowest BCUT2D eigenvalue weighted by molar-refractivity contribution is 0.491. The zero-order valence-electron chi connectivity index (χ0n) is 15.2. The van der Waals surface area contributed by atoms with Crippen molar-refractivity contribution >= 4 is 44.7 Å². The Hall–Kier alpha value is -3.07. The van der Waals surface area contributed by atoms with Crippen molar-refractivity contribution in [3.8, 4) is 22.6 Å². The minimum Gasteiger partial charge on any atom is -0.456 e. The van der Waals surface area contributed by atoms with Gasteiger partial charge in [0.15, 0.2) is 0 Å². The van der Waals surface area contributed by atoms with Gasteiger partial charge in [-0.25, -0.2) is 0 Å². The molecule has 1 aromatic heterocycles. The average molecular weight is 415 g/mol. The first kappa shape index (κ1) is 18.0. The van der Waals surface area contributed by atoms with Crippen LogP contribution in [0.4, 0.5) is 0 Å². The molecular weight excluding hydrogens is 401 g/mol. The van der Waals surface area contributed by atoms with Crippen LogP contribution in [-0.2, 0) is 0 Å². The van der Waals surface area contributed by atoms with Gasteiger partial charge in [-0.3, -0.25) is 4.98 Å². The summed E-state index contributed by atoms with van der Waals surface area (Å²) < 4.78 is 6.42. The number of pyridine rings is 1. The molecule has 4 aromatic carbocycles. The first-order valence-corrected chi connectivity index (χ1v) is 9.86. The van der Waals surface area contributed by atoms with E-state index in [0.29, 0.717) is 21.5 Å². The van der Waals surface area contributed by atoms with E-state index in [9.17, 15) is 0 Å². The molecule has 1 radical (unpaired) electrons. The summed E-state index contributed by atoms with van der Waals surface area (Å²) in [5.41, 5.74) is 1.56. The van der Waals surface area contributed by atoms with Crippen molar-refractivity contribution < 1.29 is 4.74 Å². The number of hydrogen-bond acceptors (Lipinski definition) is 2. The number of fused-ring (bicyclic) bond motifs is 2. The molecule has 0 saturated heterocycles. The van der Waals surface area contributed by atoms with Gasteiger partial charge in [-0.1, -0.05) is 77.8 Å². The van der Waals surface area contributed by atoms with E-state index in [1.165, 1.54) is 0 Å². The maximum Gasteiger partial charge on any atom is 0.144 e. The molecule has 0 atom stereocenters. The molecular formula is C25H14Cl2NO. The summed E-state index contributed by atoms with van der Waals surface area (Å²) in [6.45, 7) is 0. The summed E-state index contributed by atoms with van der Waals surface area (Å²) in [5.74, 6) is 1.32. The molecule has 0 saturated carbocycles. The summed E-state index contributed by atoms with van der Waals surface area (Å²) >= 11 is 13.3. The van der Waals surface area contributed by atoms with Crippen LogP contribution in [0.2, 0.25) is 10.0 Å². The molecule has 0 fully saturated rings. The largest absolute Gasteiger partial charge is 0.456 e. The maximum atomic E-state index is 6.73. The number of nitrogens with zero attached hydrogens (tertiary/aromatic N) is 1. The summed E-state index contributed by atoms with van der Waals surface area (Å²) in [6.07, 6.45) is 3.48. The van der Waals surface area contributed by atoms with Crippen molar-refractivity contribution in [2.45, 2.75) is 0 Å². The molecule has 0 amide bonds. The molecule has 0 spiro atoms. The zero-order chi connectivity index (χ0) is 19.8. The third-order valence-corrected chi connectivity index (χ3v) is 5.71. The van der Waals surface area contributed by atoms with Crippen LogP contribution in [0, 0.1) is 6.07 Å². The van der Waals surface area contributed by atoms with Crippen LogP contribution in [0.5, 0.6) is 11.5 Å². The topological polar surface area (TPSA) is 22.1 Å². The van der Waals surface area contributed by atoms with Crippen LogP contribution in [0.25, 0.3) is 32.7 Å². The highest BCUT2D eigenvalue weighted by atomic mass is 35.5. The average Bonchev–Trinajstić information content (AvgIpc) is 2.78. The highest BCUT2D eigenvalue weighted by Gasteiger charge is 2.20. The van der Waals surface area contributed by atoms with Crippen molar-refractivity contribution in [3.63, 3.8) is 0 Å². The molecule has 0 unspecified atom stereocenters. The fourth-order valence-corrected chi connectivity index (χ4v) is 4.04. The number of ether oxygens (including phenoxy) is 1. The molecule has 0 aliphatic rings. The number of halogens is 2. The normalized spacial score (nSPS) is 11.1. The van der Waals surface area contributed by atoms with Gasteiger partial charge < -0.3 is 4.74 Å². The maximum absolute atomic E-state index is 6.73. The highest BCUT2D eigenvalue weighted by Crippen LogP contribution is 2.48. The third kappa shape index (κ3) is 3.21. The second-order valence-corrected chi connectivity index (χ2v) is 7.40. The van der Waals surface area contributed by atoms with E-state index < -0.39 is 0 Å². The van der Waals surface area contributed by atoms with Crippen molar-refractivity contribution in [2.24, 2.45) is 0 Å². The standard InChI is InChI=1S/C25H14Cl2NO/c26-23-20-9-3-4-10-21(20)25(22(24(23)27)18-8-5-13-28-15-18)29-19-12-11-16-6-1-2-7-17(16)14-19/h1-10,12-15H. The van der Waals surface area contributed by atoms with Crippen LogP contribution >= 0.6 is 23.2 Å². The lowest BCUT2D eigenvalue weighted by atomic mass is 10.00. The number of rotatable bonds is 3. The van der Waals surface area contributed by atoms with E-state index in [0.717, 1.165) is 32.7 Å². The van der Waals surface area contributed by atoms with Crippen LogP contribution in [0.3, 0.4) is 0 Å². The van der Waals surface area contributed by atoms with E-state index in [2.05, 4.69) is 11.1 Å². The van der Waals surface area contributed by atoms with Crippen molar-refractivity contribution in [1.82, 2.24) is 4.98 Å². The van der Waals surface area contributed by atoms with Gasteiger partial charge in [0.2, 0.25) is 0 Å². The molecule has 1 heterocycles. The Balaban J connectivity index is 1.77. The van der Waals surface area contributed by atoms with E-state index in [4.69, 9.17) is 27.9 Å². The number of benzene rings is 4. The highest BCUT2D eigenvalue weighted by molar-refractivity contribution is 6.47. The Morgan fingerprint density at radius 1 is 0.828 bits per heavy atom. The SMILES string of the molecule is Clc1c(-c2cccnc2)c(Oc2c[c]c3ccccc3c2)c2ccccc2c1Cl. The Morgan fingerprint density at radius 3 is 2.45 bits per heavy atom. The quantitative estimate of drug-likeness (QED) is 0.298. The van der Waals surface area contributed by atoms with Gasteiger partial charge in [-0.05, 0) is 35.0 Å². The molecule has 0 aliphatic carbocycles. The van der Waals surface area contributed by atoms with Crippen molar-refractivity contribution in [3.05, 3.63) is 101 Å². The van der Waals surface area contributed by atoms with E-state index in [1.807, 2.05) is 72.8 Å². The fraction of sp³-hybridized carbons (Fsp3) is 0. The molecule has 5 aromatic rings. The Kier molecular flexibility index (Phi) is 4.59. The summed E-state index contributed by atoms with van der Waals surface area (Å²) in [4.78, 5) is 4.24. The lowest BCUT2D eigenvalue weighted by Crippen LogP contribution is -1.93. The van der Waals surface area contributed by atoms with Gasteiger partial charge in [0.05, 0.1) is 10.0 Å². The lowest BCUT2D eigenvalue weighted by Gasteiger charge is -2.18.